The van der Waals surface area contributed by atoms with Crippen molar-refractivity contribution >= 4 is 23.9 Å². The Hall–Kier alpha value is -3.01. The minimum Gasteiger partial charge on any atom is -0.467 e. The molecule has 0 saturated heterocycles. The van der Waals surface area contributed by atoms with Crippen LogP contribution in [0.4, 0.5) is 4.79 Å². The second-order valence-corrected chi connectivity index (χ2v) is 9.29. The predicted molar refractivity (Wildman–Crippen MR) is 121 cm³/mol. The molecule has 0 fully saturated rings. The molecule has 3 amide bonds. The number of hydrogen-bond acceptors (Lipinski definition) is 7. The van der Waals surface area contributed by atoms with Gasteiger partial charge in [0.25, 0.3) is 5.91 Å². The summed E-state index contributed by atoms with van der Waals surface area (Å²) in [5.41, 5.74) is 8.06. The van der Waals surface area contributed by atoms with Gasteiger partial charge in [-0.25, -0.2) is 4.79 Å². The van der Waals surface area contributed by atoms with Crippen LogP contribution in [0.1, 0.15) is 68.2 Å². The van der Waals surface area contributed by atoms with Crippen molar-refractivity contribution in [3.8, 4) is 0 Å². The number of azide groups is 1. The molecular weight excluding hydrogens is 432 g/mol. The number of ether oxygens (including phenoxy) is 2. The summed E-state index contributed by atoms with van der Waals surface area (Å²) in [6.45, 7) is 13.7. The van der Waals surface area contributed by atoms with Crippen LogP contribution < -0.4 is 10.6 Å². The molecule has 0 spiro atoms. The Morgan fingerprint density at radius 3 is 1.91 bits per heavy atom. The molecule has 0 aliphatic heterocycles. The summed E-state index contributed by atoms with van der Waals surface area (Å²) in [7, 11) is 1.22. The molecule has 0 aliphatic carbocycles. The van der Waals surface area contributed by atoms with E-state index in [4.69, 9.17) is 15.0 Å². The molecule has 0 aliphatic rings. The molecule has 0 radical (unpaired) electrons. The lowest BCUT2D eigenvalue weighted by Crippen LogP contribution is -2.58. The Balaban J connectivity index is 5.83. The zero-order valence-electron chi connectivity index (χ0n) is 21.0. The highest BCUT2D eigenvalue weighted by molar-refractivity contribution is 5.93. The first kappa shape index (κ1) is 30.0. The van der Waals surface area contributed by atoms with Crippen molar-refractivity contribution in [2.45, 2.75) is 92.0 Å². The van der Waals surface area contributed by atoms with Gasteiger partial charge in [0.2, 0.25) is 5.91 Å². The molecule has 0 aromatic heterocycles. The van der Waals surface area contributed by atoms with E-state index in [1.165, 1.54) is 7.11 Å². The van der Waals surface area contributed by atoms with Crippen LogP contribution in [0.5, 0.6) is 0 Å². The number of rotatable bonds is 11. The molecule has 2 N–H and O–H groups in total. The summed E-state index contributed by atoms with van der Waals surface area (Å²) < 4.78 is 10.0. The molecule has 3 atom stereocenters. The van der Waals surface area contributed by atoms with Crippen LogP contribution in [-0.4, -0.2) is 59.7 Å². The number of methoxy groups -OCH3 is 1. The molecule has 0 bridgehead atoms. The van der Waals surface area contributed by atoms with Gasteiger partial charge in [-0.1, -0.05) is 41.0 Å². The standard InChI is InChI=1S/C21H38N6O6/c1-10-11-14(27(26-25-22)20(31)33-21(6,7)8)17(28)23-15(12(2)3)18(29)24-16(13(4)5)19(30)32-9/h12-16H,10-11H2,1-9H3,(H,23,28)(H,24,29)/t14-,15-,16-/m0/s1. The van der Waals surface area contributed by atoms with Gasteiger partial charge < -0.3 is 20.1 Å². The number of carbonyl (C=O) groups is 4. The Labute approximate surface area is 195 Å². The Bertz CT molecular complexity index is 742. The lowest BCUT2D eigenvalue weighted by molar-refractivity contribution is -0.147. The summed E-state index contributed by atoms with van der Waals surface area (Å²) >= 11 is 0. The maximum Gasteiger partial charge on any atom is 0.511 e. The van der Waals surface area contributed by atoms with E-state index in [0.29, 0.717) is 11.4 Å². The van der Waals surface area contributed by atoms with E-state index < -0.39 is 47.6 Å². The van der Waals surface area contributed by atoms with Gasteiger partial charge in [-0.2, -0.15) is 9.71 Å². The molecule has 0 saturated carbocycles. The molecule has 0 aromatic carbocycles. The van der Waals surface area contributed by atoms with E-state index in [2.05, 4.69) is 20.8 Å². The van der Waals surface area contributed by atoms with E-state index in [9.17, 15) is 19.2 Å². The van der Waals surface area contributed by atoms with Crippen molar-refractivity contribution in [2.75, 3.05) is 7.11 Å². The molecule has 12 nitrogen and oxygen atoms in total. The van der Waals surface area contributed by atoms with Crippen LogP contribution in [0, 0.1) is 11.8 Å². The van der Waals surface area contributed by atoms with Crippen molar-refractivity contribution in [2.24, 2.45) is 17.1 Å². The predicted octanol–water partition coefficient (Wildman–Crippen LogP) is 3.07. The van der Waals surface area contributed by atoms with Crippen molar-refractivity contribution < 1.29 is 28.7 Å². The van der Waals surface area contributed by atoms with Crippen molar-refractivity contribution in [1.29, 1.82) is 0 Å². The second kappa shape index (κ2) is 13.5. The number of nitrogens with zero attached hydrogens (tertiary/aromatic N) is 4. The quantitative estimate of drug-likeness (QED) is 0.155. The minimum absolute atomic E-state index is 0.160. The van der Waals surface area contributed by atoms with Gasteiger partial charge >= 0.3 is 12.1 Å². The van der Waals surface area contributed by atoms with E-state index in [-0.39, 0.29) is 18.3 Å². The third-order valence-electron chi connectivity index (χ3n) is 4.54. The topological polar surface area (TPSA) is 163 Å². The fraction of sp³-hybridized carbons (Fsp3) is 0.810. The van der Waals surface area contributed by atoms with Gasteiger partial charge in [0.05, 0.1) is 7.11 Å². The summed E-state index contributed by atoms with van der Waals surface area (Å²) in [6.07, 6.45) is -0.341. The van der Waals surface area contributed by atoms with E-state index >= 15 is 0 Å². The average molecular weight is 471 g/mol. The average Bonchev–Trinajstić information content (AvgIpc) is 2.69. The van der Waals surface area contributed by atoms with E-state index in [1.807, 2.05) is 0 Å². The van der Waals surface area contributed by atoms with Crippen molar-refractivity contribution in [3.05, 3.63) is 10.4 Å². The van der Waals surface area contributed by atoms with Crippen LogP contribution in [0.15, 0.2) is 5.22 Å². The van der Waals surface area contributed by atoms with Crippen LogP contribution in [0.3, 0.4) is 0 Å². The molecule has 0 heterocycles. The Kier molecular flexibility index (Phi) is 12.3. The SMILES string of the molecule is CCC[C@@H](C(=O)N[C@H](C(=O)N[C@H](C(=O)OC)C(C)C)C(C)C)N(N=[N+]=[N-])C(=O)OC(C)(C)C. The molecule has 12 heteroatoms. The van der Waals surface area contributed by atoms with Gasteiger partial charge in [0.1, 0.15) is 17.7 Å². The molecule has 33 heavy (non-hydrogen) atoms. The number of hydrogen-bond donors (Lipinski definition) is 2. The van der Waals surface area contributed by atoms with E-state index in [1.54, 1.807) is 55.4 Å². The lowest BCUT2D eigenvalue weighted by atomic mass is 9.99. The summed E-state index contributed by atoms with van der Waals surface area (Å²) in [5, 5.41) is 9.25. The Morgan fingerprint density at radius 1 is 1.00 bits per heavy atom. The fourth-order valence-electron chi connectivity index (χ4n) is 2.87. The number of nitrogens with one attached hydrogen (secondary N) is 2. The first-order valence-electron chi connectivity index (χ1n) is 11.0. The second-order valence-electron chi connectivity index (χ2n) is 9.29. The fourth-order valence-corrected chi connectivity index (χ4v) is 2.87. The number of carbonyl (C=O) groups excluding carboxylic acids is 4. The van der Waals surface area contributed by atoms with Gasteiger partial charge in [-0.05, 0) is 44.3 Å². The highest BCUT2D eigenvalue weighted by atomic mass is 16.6. The third-order valence-corrected chi connectivity index (χ3v) is 4.54. The molecule has 0 rings (SSSR count). The Morgan fingerprint density at radius 2 is 1.52 bits per heavy atom. The first-order valence-corrected chi connectivity index (χ1v) is 11.0. The van der Waals surface area contributed by atoms with Crippen LogP contribution in [-0.2, 0) is 23.9 Å². The largest absolute Gasteiger partial charge is 0.511 e. The van der Waals surface area contributed by atoms with Crippen LogP contribution in [0.25, 0.3) is 10.4 Å². The van der Waals surface area contributed by atoms with Gasteiger partial charge in [-0.3, -0.25) is 9.59 Å². The molecule has 0 unspecified atom stereocenters. The van der Waals surface area contributed by atoms with Gasteiger partial charge in [-0.15, -0.1) is 10.5 Å². The normalized spacial score (nSPS) is 13.9. The van der Waals surface area contributed by atoms with Gasteiger partial charge in [0, 0.05) is 0 Å². The zero-order valence-corrected chi connectivity index (χ0v) is 21.0. The molecule has 188 valence electrons. The number of esters is 1. The van der Waals surface area contributed by atoms with E-state index in [0.717, 1.165) is 0 Å². The van der Waals surface area contributed by atoms with Crippen molar-refractivity contribution in [1.82, 2.24) is 15.6 Å². The van der Waals surface area contributed by atoms with Gasteiger partial charge in [0.15, 0.2) is 6.04 Å². The minimum atomic E-state index is -1.20. The highest BCUT2D eigenvalue weighted by Crippen LogP contribution is 2.17. The molecular formula is C21H38N6O6. The maximum absolute atomic E-state index is 13.1. The zero-order chi connectivity index (χ0) is 25.9. The summed E-state index contributed by atoms with van der Waals surface area (Å²) in [5.74, 6) is -2.47. The highest BCUT2D eigenvalue weighted by Gasteiger charge is 2.39. The maximum atomic E-state index is 13.1. The van der Waals surface area contributed by atoms with Crippen LogP contribution in [0.2, 0.25) is 0 Å². The summed E-state index contributed by atoms with van der Waals surface area (Å²) in [6, 6.07) is -3.11. The third kappa shape index (κ3) is 9.98. The van der Waals surface area contributed by atoms with Crippen LogP contribution >= 0.6 is 0 Å². The summed E-state index contributed by atoms with van der Waals surface area (Å²) in [4.78, 5) is 53.3. The lowest BCUT2D eigenvalue weighted by Gasteiger charge is -2.29. The number of amides is 3. The molecule has 0 aromatic rings. The smallest absolute Gasteiger partial charge is 0.467 e. The van der Waals surface area contributed by atoms with Crippen molar-refractivity contribution in [3.63, 3.8) is 0 Å². The first-order chi connectivity index (χ1) is 15.2. The monoisotopic (exact) mass is 470 g/mol.